The molecule has 0 saturated heterocycles. The number of nitrogens with one attached hydrogen (secondary N) is 2. The Labute approximate surface area is 158 Å². The molecule has 3 heterocycles. The van der Waals surface area contributed by atoms with Crippen LogP contribution in [0.15, 0.2) is 41.8 Å². The van der Waals surface area contributed by atoms with Gasteiger partial charge in [0, 0.05) is 16.7 Å². The summed E-state index contributed by atoms with van der Waals surface area (Å²) in [4.78, 5) is 30.2. The first-order chi connectivity index (χ1) is 12.6. The molecule has 1 atom stereocenters. The molecule has 132 valence electrons. The molecule has 1 amide bonds. The molecule has 0 unspecified atom stereocenters. The van der Waals surface area contributed by atoms with Crippen LogP contribution in [0.4, 0.5) is 5.82 Å². The maximum absolute atomic E-state index is 12.7. The second kappa shape index (κ2) is 6.97. The minimum absolute atomic E-state index is 0.0736. The average molecular weight is 384 g/mol. The van der Waals surface area contributed by atoms with E-state index >= 15 is 0 Å². The summed E-state index contributed by atoms with van der Waals surface area (Å²) in [5.74, 6) is 0.430. The van der Waals surface area contributed by atoms with E-state index in [1.54, 1.807) is 11.3 Å². The third-order valence-corrected chi connectivity index (χ3v) is 5.47. The van der Waals surface area contributed by atoms with Gasteiger partial charge in [0.25, 0.3) is 5.91 Å². The number of hydrogen-bond acceptors (Lipinski definition) is 6. The van der Waals surface area contributed by atoms with E-state index in [1.807, 2.05) is 41.8 Å². The van der Waals surface area contributed by atoms with Gasteiger partial charge in [-0.1, -0.05) is 18.2 Å². The second-order valence-electron chi connectivity index (χ2n) is 6.03. The molecule has 26 heavy (non-hydrogen) atoms. The van der Waals surface area contributed by atoms with E-state index < -0.39 is 6.04 Å². The Balaban J connectivity index is 1.45. The first-order valence-corrected chi connectivity index (χ1v) is 9.54. The summed E-state index contributed by atoms with van der Waals surface area (Å²) in [6.07, 6.45) is 0.668. The zero-order chi connectivity index (χ0) is 18.1. The summed E-state index contributed by atoms with van der Waals surface area (Å²) in [5, 5.41) is 8.92. The van der Waals surface area contributed by atoms with Gasteiger partial charge in [0.1, 0.15) is 11.9 Å². The van der Waals surface area contributed by atoms with Gasteiger partial charge in [-0.15, -0.1) is 11.3 Å². The number of carbonyl (C=O) groups excluding carboxylic acids is 2. The van der Waals surface area contributed by atoms with Crippen LogP contribution in [0.3, 0.4) is 0 Å². The fourth-order valence-corrected chi connectivity index (χ4v) is 3.95. The molecule has 3 aromatic rings. The summed E-state index contributed by atoms with van der Waals surface area (Å²) < 4.78 is 1.67. The van der Waals surface area contributed by atoms with Crippen LogP contribution in [0.2, 0.25) is 0 Å². The van der Waals surface area contributed by atoms with Gasteiger partial charge in [-0.25, -0.2) is 9.55 Å². The first kappa shape index (κ1) is 16.9. The van der Waals surface area contributed by atoms with E-state index in [4.69, 9.17) is 12.2 Å². The predicted octanol–water partition coefficient (Wildman–Crippen LogP) is 3.36. The van der Waals surface area contributed by atoms with Crippen molar-refractivity contribution in [1.82, 2.24) is 14.9 Å². The number of rotatable bonds is 5. The Hall–Kier alpha value is -2.58. The van der Waals surface area contributed by atoms with Crippen molar-refractivity contribution in [2.24, 2.45) is 0 Å². The highest BCUT2D eigenvalue weighted by Crippen LogP contribution is 2.29. The fourth-order valence-electron chi connectivity index (χ4n) is 3.03. The molecule has 6 nitrogen and oxygen atoms in total. The summed E-state index contributed by atoms with van der Waals surface area (Å²) >= 11 is 6.87. The van der Waals surface area contributed by atoms with Crippen molar-refractivity contribution in [3.63, 3.8) is 0 Å². The minimum Gasteiger partial charge on any atom is -0.359 e. The molecule has 1 aromatic carbocycles. The van der Waals surface area contributed by atoms with Crippen molar-refractivity contribution in [3.05, 3.63) is 51.4 Å². The van der Waals surface area contributed by atoms with Crippen molar-refractivity contribution in [3.8, 4) is 0 Å². The molecule has 8 heteroatoms. The van der Waals surface area contributed by atoms with Crippen LogP contribution in [0, 0.1) is 4.77 Å². The molecule has 0 radical (unpaired) electrons. The number of nitrogens with zero attached hydrogens (tertiary/aromatic N) is 2. The number of amides is 1. The Kier molecular flexibility index (Phi) is 4.52. The Morgan fingerprint density at radius 3 is 2.96 bits per heavy atom. The highest BCUT2D eigenvalue weighted by atomic mass is 32.1. The summed E-state index contributed by atoms with van der Waals surface area (Å²) in [6.45, 7) is 0.516. The van der Waals surface area contributed by atoms with Gasteiger partial charge >= 0.3 is 0 Å². The normalized spacial score (nSPS) is 15.7. The fraction of sp³-hybridized carbons (Fsp3) is 0.222. The molecule has 2 N–H and O–H groups in total. The number of thiophene rings is 1. The monoisotopic (exact) mass is 384 g/mol. The second-order valence-corrected chi connectivity index (χ2v) is 7.42. The van der Waals surface area contributed by atoms with Crippen molar-refractivity contribution < 1.29 is 9.59 Å². The van der Waals surface area contributed by atoms with Gasteiger partial charge in [-0.2, -0.15) is 0 Å². The third kappa shape index (κ3) is 3.13. The number of anilines is 1. The van der Waals surface area contributed by atoms with Crippen LogP contribution in [-0.4, -0.2) is 27.4 Å². The Morgan fingerprint density at radius 2 is 2.15 bits per heavy atom. The molecule has 0 spiro atoms. The van der Waals surface area contributed by atoms with E-state index in [1.165, 1.54) is 4.57 Å². The van der Waals surface area contributed by atoms with Crippen LogP contribution in [0.1, 0.15) is 22.5 Å². The largest absolute Gasteiger partial charge is 0.359 e. The zero-order valence-electron chi connectivity index (χ0n) is 13.8. The predicted molar refractivity (Wildman–Crippen MR) is 104 cm³/mol. The van der Waals surface area contributed by atoms with Crippen LogP contribution < -0.4 is 10.6 Å². The molecule has 0 fully saturated rings. The van der Waals surface area contributed by atoms with Crippen LogP contribution in [0.25, 0.3) is 10.9 Å². The number of fused-ring (bicyclic) bond motifs is 3. The van der Waals surface area contributed by atoms with E-state index in [9.17, 15) is 9.59 Å². The number of hydrogen-bond donors (Lipinski definition) is 2. The smallest absolute Gasteiger partial charge is 0.257 e. The molecule has 0 bridgehead atoms. The van der Waals surface area contributed by atoms with Gasteiger partial charge < -0.3 is 10.6 Å². The van der Waals surface area contributed by atoms with E-state index in [-0.39, 0.29) is 23.0 Å². The third-order valence-electron chi connectivity index (χ3n) is 4.32. The quantitative estimate of drug-likeness (QED) is 0.660. The van der Waals surface area contributed by atoms with Crippen molar-refractivity contribution in [2.75, 3.05) is 5.32 Å². The van der Waals surface area contributed by atoms with Gasteiger partial charge in [0.05, 0.1) is 12.1 Å². The van der Waals surface area contributed by atoms with Gasteiger partial charge in [0.15, 0.2) is 0 Å². The molecule has 1 aliphatic heterocycles. The highest BCUT2D eigenvalue weighted by molar-refractivity contribution is 7.71. The number of carbonyl (C=O) groups is 2. The van der Waals surface area contributed by atoms with Crippen LogP contribution in [-0.2, 0) is 11.3 Å². The van der Waals surface area contributed by atoms with E-state index in [2.05, 4.69) is 15.6 Å². The molecule has 0 aliphatic carbocycles. The van der Waals surface area contributed by atoms with Crippen LogP contribution in [0.5, 0.6) is 0 Å². The summed E-state index contributed by atoms with van der Waals surface area (Å²) in [5.41, 5.74) is 0.749. The van der Waals surface area contributed by atoms with Crippen molar-refractivity contribution in [2.45, 2.75) is 25.4 Å². The lowest BCUT2D eigenvalue weighted by Gasteiger charge is -2.09. The lowest BCUT2D eigenvalue weighted by Crippen LogP contribution is -2.29. The summed E-state index contributed by atoms with van der Waals surface area (Å²) in [7, 11) is 0. The molecule has 1 aliphatic rings. The maximum Gasteiger partial charge on any atom is 0.257 e. The highest BCUT2D eigenvalue weighted by Gasteiger charge is 2.31. The molecular formula is C18H16N4O2S2. The van der Waals surface area contributed by atoms with Gasteiger partial charge in [-0.05, 0) is 42.2 Å². The number of benzene rings is 1. The first-order valence-electron chi connectivity index (χ1n) is 8.25. The van der Waals surface area contributed by atoms with Gasteiger partial charge in [-0.3, -0.25) is 9.59 Å². The van der Waals surface area contributed by atoms with Gasteiger partial charge in [0.2, 0.25) is 10.7 Å². The molecule has 0 saturated carbocycles. The minimum atomic E-state index is -0.475. The lowest BCUT2D eigenvalue weighted by molar-refractivity contribution is -0.121. The molecule has 4 rings (SSSR count). The standard InChI is InChI=1S/C18H16N4O2S2/c23-15(19-10-11-4-3-9-26-11)8-7-14-17(24)22-16(20-14)12-5-1-2-6-13(12)21-18(22)25/h1-6,9,14,20H,7-8,10H2,(H,19,23)/t14-/m0/s1. The van der Waals surface area contributed by atoms with Crippen molar-refractivity contribution >= 4 is 52.1 Å². The van der Waals surface area contributed by atoms with Crippen molar-refractivity contribution in [1.29, 1.82) is 0 Å². The molecular weight excluding hydrogens is 368 g/mol. The van der Waals surface area contributed by atoms with Crippen LogP contribution >= 0.6 is 23.6 Å². The van der Waals surface area contributed by atoms with E-state index in [0.29, 0.717) is 18.8 Å². The van der Waals surface area contributed by atoms with E-state index in [0.717, 1.165) is 15.8 Å². The Morgan fingerprint density at radius 1 is 1.31 bits per heavy atom. The lowest BCUT2D eigenvalue weighted by atomic mass is 10.1. The SMILES string of the molecule is O=C(CC[C@@H]1Nc2c3ccccc3nc(=S)n2C1=O)NCc1cccs1. The number of para-hydroxylation sites is 1. The number of aromatic nitrogens is 2. The molecule has 2 aromatic heterocycles. The average Bonchev–Trinajstić information content (AvgIpc) is 3.27. The topological polar surface area (TPSA) is 76.0 Å². The Bertz CT molecular complexity index is 1040. The zero-order valence-corrected chi connectivity index (χ0v) is 15.4. The maximum atomic E-state index is 12.7. The summed E-state index contributed by atoms with van der Waals surface area (Å²) in [6, 6.07) is 11.0.